The van der Waals surface area contributed by atoms with Crippen molar-refractivity contribution in [3.63, 3.8) is 0 Å². The van der Waals surface area contributed by atoms with E-state index in [4.69, 9.17) is 10.00 Å². The first kappa shape index (κ1) is 13.7. The number of nitrogens with zero attached hydrogens (tertiary/aromatic N) is 5. The summed E-state index contributed by atoms with van der Waals surface area (Å²) in [4.78, 5) is 11.0. The summed E-state index contributed by atoms with van der Waals surface area (Å²) in [5.41, 5.74) is 2.14. The molecule has 0 radical (unpaired) electrons. The van der Waals surface area contributed by atoms with E-state index in [2.05, 4.69) is 25.5 Å². The number of hydrogen-bond acceptors (Lipinski definition) is 5. The maximum atomic E-state index is 8.92. The second-order valence-electron chi connectivity index (χ2n) is 4.99. The van der Waals surface area contributed by atoms with Crippen LogP contribution >= 0.6 is 0 Å². The molecule has 1 aliphatic rings. The molecule has 6 heteroatoms. The van der Waals surface area contributed by atoms with Gasteiger partial charge in [-0.3, -0.25) is 9.88 Å². The molecule has 0 amide bonds. The second kappa shape index (κ2) is 6.48. The lowest BCUT2D eigenvalue weighted by Gasteiger charge is -2.26. The molecule has 0 spiro atoms. The monoisotopic (exact) mass is 283 g/mol. The average Bonchev–Trinajstić information content (AvgIpc) is 3.03. The van der Waals surface area contributed by atoms with Crippen LogP contribution in [0.4, 0.5) is 0 Å². The van der Waals surface area contributed by atoms with E-state index in [9.17, 15) is 0 Å². The largest absolute Gasteiger partial charge is 0.379 e. The maximum Gasteiger partial charge on any atom is 0.107 e. The standard InChI is InChI=1S/C15H17N5O/c16-10-13-1-2-17-14(9-13)15-11-20(12-18-15)4-3-19-5-7-21-8-6-19/h1-2,9,11-12H,3-8H2. The fourth-order valence-corrected chi connectivity index (χ4v) is 2.34. The number of rotatable bonds is 4. The van der Waals surface area contributed by atoms with Crippen LogP contribution in [-0.4, -0.2) is 52.3 Å². The second-order valence-corrected chi connectivity index (χ2v) is 4.99. The van der Waals surface area contributed by atoms with E-state index in [-0.39, 0.29) is 0 Å². The molecule has 0 N–H and O–H groups in total. The van der Waals surface area contributed by atoms with Gasteiger partial charge in [0.1, 0.15) is 5.69 Å². The zero-order valence-corrected chi connectivity index (χ0v) is 11.8. The predicted molar refractivity (Wildman–Crippen MR) is 77.4 cm³/mol. The van der Waals surface area contributed by atoms with Gasteiger partial charge in [0.2, 0.25) is 0 Å². The zero-order valence-electron chi connectivity index (χ0n) is 11.8. The normalized spacial score (nSPS) is 15.8. The highest BCUT2D eigenvalue weighted by Crippen LogP contribution is 2.15. The van der Waals surface area contributed by atoms with Gasteiger partial charge in [-0.2, -0.15) is 5.26 Å². The molecule has 2 aromatic rings. The van der Waals surface area contributed by atoms with Crippen molar-refractivity contribution >= 4 is 0 Å². The Morgan fingerprint density at radius 2 is 2.05 bits per heavy atom. The van der Waals surface area contributed by atoms with Gasteiger partial charge in [-0.25, -0.2) is 4.98 Å². The Balaban J connectivity index is 1.64. The van der Waals surface area contributed by atoms with E-state index in [0.29, 0.717) is 5.56 Å². The maximum absolute atomic E-state index is 8.92. The summed E-state index contributed by atoms with van der Waals surface area (Å²) in [6, 6.07) is 5.57. The lowest BCUT2D eigenvalue weighted by molar-refractivity contribution is 0.0364. The Labute approximate surface area is 123 Å². The quantitative estimate of drug-likeness (QED) is 0.842. The Kier molecular flexibility index (Phi) is 4.24. The van der Waals surface area contributed by atoms with Gasteiger partial charge in [-0.1, -0.05) is 0 Å². The van der Waals surface area contributed by atoms with Crippen LogP contribution in [0.3, 0.4) is 0 Å². The van der Waals surface area contributed by atoms with Crippen molar-refractivity contribution in [2.24, 2.45) is 0 Å². The summed E-state index contributed by atoms with van der Waals surface area (Å²) < 4.78 is 7.40. The molecule has 21 heavy (non-hydrogen) atoms. The van der Waals surface area contributed by atoms with E-state index in [1.807, 2.05) is 12.5 Å². The van der Waals surface area contributed by atoms with Gasteiger partial charge in [0.05, 0.1) is 36.9 Å². The van der Waals surface area contributed by atoms with Gasteiger partial charge >= 0.3 is 0 Å². The van der Waals surface area contributed by atoms with Crippen LogP contribution in [0.2, 0.25) is 0 Å². The fraction of sp³-hybridized carbons (Fsp3) is 0.400. The lowest BCUT2D eigenvalue weighted by Crippen LogP contribution is -2.38. The number of imidazole rings is 1. The Morgan fingerprint density at radius 3 is 2.86 bits per heavy atom. The van der Waals surface area contributed by atoms with Crippen molar-refractivity contribution in [2.75, 3.05) is 32.8 Å². The van der Waals surface area contributed by atoms with Crippen molar-refractivity contribution in [2.45, 2.75) is 6.54 Å². The van der Waals surface area contributed by atoms with Gasteiger partial charge in [-0.05, 0) is 12.1 Å². The molecule has 0 saturated carbocycles. The first-order valence-electron chi connectivity index (χ1n) is 7.03. The number of morpholine rings is 1. The first-order valence-corrected chi connectivity index (χ1v) is 7.03. The SMILES string of the molecule is N#Cc1ccnc(-c2cn(CCN3CCOCC3)cn2)c1. The van der Waals surface area contributed by atoms with Gasteiger partial charge in [0.25, 0.3) is 0 Å². The number of pyridine rings is 1. The molecule has 0 aliphatic carbocycles. The Bertz CT molecular complexity index is 640. The molecule has 3 heterocycles. The van der Waals surface area contributed by atoms with Gasteiger partial charge in [-0.15, -0.1) is 0 Å². The number of aromatic nitrogens is 3. The molecule has 6 nitrogen and oxygen atoms in total. The smallest absolute Gasteiger partial charge is 0.107 e. The molecule has 3 rings (SSSR count). The van der Waals surface area contributed by atoms with Crippen molar-refractivity contribution in [3.8, 4) is 17.5 Å². The fourth-order valence-electron chi connectivity index (χ4n) is 2.34. The van der Waals surface area contributed by atoms with Gasteiger partial charge in [0, 0.05) is 38.6 Å². The highest BCUT2D eigenvalue weighted by atomic mass is 16.5. The minimum absolute atomic E-state index is 0.600. The molecule has 0 unspecified atom stereocenters. The van der Waals surface area contributed by atoms with Crippen LogP contribution in [0.15, 0.2) is 30.9 Å². The topological polar surface area (TPSA) is 67.0 Å². The van der Waals surface area contributed by atoms with E-state index < -0.39 is 0 Å². The first-order chi connectivity index (χ1) is 10.3. The molecule has 108 valence electrons. The van der Waals surface area contributed by atoms with Crippen molar-refractivity contribution < 1.29 is 4.74 Å². The molecule has 0 atom stereocenters. The van der Waals surface area contributed by atoms with Gasteiger partial charge < -0.3 is 9.30 Å². The zero-order chi connectivity index (χ0) is 14.5. The van der Waals surface area contributed by atoms with Gasteiger partial charge in [0.15, 0.2) is 0 Å². The molecule has 1 saturated heterocycles. The summed E-state index contributed by atoms with van der Waals surface area (Å²) >= 11 is 0. The van der Waals surface area contributed by atoms with E-state index in [1.54, 1.807) is 18.3 Å². The molecule has 0 aromatic carbocycles. The number of nitriles is 1. The number of ether oxygens (including phenoxy) is 1. The third-order valence-electron chi connectivity index (χ3n) is 3.56. The average molecular weight is 283 g/mol. The van der Waals surface area contributed by atoms with Crippen LogP contribution in [0.25, 0.3) is 11.4 Å². The summed E-state index contributed by atoms with van der Waals surface area (Å²) in [7, 11) is 0. The minimum Gasteiger partial charge on any atom is -0.379 e. The summed E-state index contributed by atoms with van der Waals surface area (Å²) in [5, 5.41) is 8.92. The highest BCUT2D eigenvalue weighted by molar-refractivity contribution is 5.55. The highest BCUT2D eigenvalue weighted by Gasteiger charge is 2.10. The molecule has 1 aliphatic heterocycles. The van der Waals surface area contributed by atoms with E-state index in [0.717, 1.165) is 50.8 Å². The third kappa shape index (κ3) is 3.45. The van der Waals surface area contributed by atoms with E-state index in [1.165, 1.54) is 0 Å². The Hall–Kier alpha value is -2.23. The molecular formula is C15H17N5O. The van der Waals surface area contributed by atoms with Crippen molar-refractivity contribution in [1.29, 1.82) is 5.26 Å². The molecular weight excluding hydrogens is 266 g/mol. The van der Waals surface area contributed by atoms with Crippen LogP contribution < -0.4 is 0 Å². The number of hydrogen-bond donors (Lipinski definition) is 0. The van der Waals surface area contributed by atoms with Crippen LogP contribution in [0.1, 0.15) is 5.56 Å². The van der Waals surface area contributed by atoms with Crippen LogP contribution in [0.5, 0.6) is 0 Å². The van der Waals surface area contributed by atoms with Crippen molar-refractivity contribution in [3.05, 3.63) is 36.4 Å². The minimum atomic E-state index is 0.600. The van der Waals surface area contributed by atoms with Crippen LogP contribution in [0, 0.1) is 11.3 Å². The molecule has 0 bridgehead atoms. The van der Waals surface area contributed by atoms with E-state index >= 15 is 0 Å². The lowest BCUT2D eigenvalue weighted by atomic mass is 10.2. The summed E-state index contributed by atoms with van der Waals surface area (Å²) in [5.74, 6) is 0. The third-order valence-corrected chi connectivity index (χ3v) is 3.56. The predicted octanol–water partition coefficient (Wildman–Crippen LogP) is 1.15. The van der Waals surface area contributed by atoms with Crippen LogP contribution in [-0.2, 0) is 11.3 Å². The summed E-state index contributed by atoms with van der Waals surface area (Å²) in [6.07, 6.45) is 5.43. The van der Waals surface area contributed by atoms with Crippen molar-refractivity contribution in [1.82, 2.24) is 19.4 Å². The molecule has 1 fully saturated rings. The molecule has 2 aromatic heterocycles. The Morgan fingerprint density at radius 1 is 1.19 bits per heavy atom. The summed E-state index contributed by atoms with van der Waals surface area (Å²) in [6.45, 7) is 5.51.